The zero-order valence-corrected chi connectivity index (χ0v) is 9.57. The quantitative estimate of drug-likeness (QED) is 0.758. The number of hydrogen-bond donors (Lipinski definition) is 1. The molecule has 1 aromatic heterocycles. The Morgan fingerprint density at radius 3 is 2.88 bits per heavy atom. The highest BCUT2D eigenvalue weighted by Gasteiger charge is 2.30. The van der Waals surface area contributed by atoms with E-state index in [1.807, 2.05) is 10.6 Å². The molecular weight excluding hydrogens is 202 g/mol. The van der Waals surface area contributed by atoms with Crippen molar-refractivity contribution in [2.24, 2.45) is 0 Å². The largest absolute Gasteiger partial charge is 0.394 e. The van der Waals surface area contributed by atoms with E-state index in [0.717, 1.165) is 32.4 Å². The number of anilines is 1. The van der Waals surface area contributed by atoms with E-state index in [-0.39, 0.29) is 5.56 Å². The van der Waals surface area contributed by atoms with E-state index in [1.165, 1.54) is 11.3 Å². The maximum absolute atomic E-state index is 12.0. The van der Waals surface area contributed by atoms with Gasteiger partial charge in [-0.3, -0.25) is 4.79 Å². The minimum atomic E-state index is 0.0193. The van der Waals surface area contributed by atoms with Crippen molar-refractivity contribution in [3.63, 3.8) is 0 Å². The van der Waals surface area contributed by atoms with E-state index in [2.05, 4.69) is 11.9 Å². The van der Waals surface area contributed by atoms with E-state index in [4.69, 9.17) is 5.73 Å². The first-order valence-corrected chi connectivity index (χ1v) is 5.88. The molecule has 0 spiro atoms. The lowest BCUT2D eigenvalue weighted by atomic mass is 10.0. The molecule has 1 aliphatic carbocycles. The Balaban J connectivity index is 2.18. The monoisotopic (exact) mass is 219 g/mol. The third kappa shape index (κ3) is 1.45. The lowest BCUT2D eigenvalue weighted by Crippen LogP contribution is -2.34. The molecule has 0 atom stereocenters. The summed E-state index contributed by atoms with van der Waals surface area (Å²) in [6.45, 7) is 1.94. The summed E-state index contributed by atoms with van der Waals surface area (Å²) in [6, 6.07) is 2.29. The minimum Gasteiger partial charge on any atom is -0.394 e. The van der Waals surface area contributed by atoms with Gasteiger partial charge in [0.1, 0.15) is 0 Å². The van der Waals surface area contributed by atoms with Crippen LogP contribution < -0.4 is 11.3 Å². The van der Waals surface area contributed by atoms with Gasteiger partial charge in [0, 0.05) is 31.2 Å². The van der Waals surface area contributed by atoms with Crippen LogP contribution >= 0.6 is 0 Å². The zero-order chi connectivity index (χ0) is 11.3. The third-order valence-corrected chi connectivity index (χ3v) is 3.54. The first-order chi connectivity index (χ1) is 7.66. The lowest BCUT2D eigenvalue weighted by Gasteiger charge is -2.27. The van der Waals surface area contributed by atoms with Gasteiger partial charge in [-0.05, 0) is 31.5 Å². The SMILES string of the molecule is CN1CCc2c(cc(N)c(=O)n2C2CC2)C1. The van der Waals surface area contributed by atoms with Crippen molar-refractivity contribution < 1.29 is 0 Å². The second kappa shape index (κ2) is 3.35. The van der Waals surface area contributed by atoms with Crippen LogP contribution in [0.2, 0.25) is 0 Å². The van der Waals surface area contributed by atoms with Gasteiger partial charge in [-0.15, -0.1) is 0 Å². The molecular formula is C12H17N3O. The summed E-state index contributed by atoms with van der Waals surface area (Å²) in [5, 5.41) is 0. The number of nitrogens with zero attached hydrogens (tertiary/aromatic N) is 2. The van der Waals surface area contributed by atoms with Gasteiger partial charge in [-0.25, -0.2) is 0 Å². The van der Waals surface area contributed by atoms with E-state index < -0.39 is 0 Å². The van der Waals surface area contributed by atoms with Crippen molar-refractivity contribution >= 4 is 5.69 Å². The summed E-state index contributed by atoms with van der Waals surface area (Å²) in [7, 11) is 2.10. The first-order valence-electron chi connectivity index (χ1n) is 5.88. The van der Waals surface area contributed by atoms with Crippen LogP contribution in [0.3, 0.4) is 0 Å². The van der Waals surface area contributed by atoms with Crippen LogP contribution in [0.25, 0.3) is 0 Å². The average molecular weight is 219 g/mol. The van der Waals surface area contributed by atoms with Crippen LogP contribution in [0.4, 0.5) is 5.69 Å². The van der Waals surface area contributed by atoms with Crippen LogP contribution in [0.1, 0.15) is 30.1 Å². The highest BCUT2D eigenvalue weighted by atomic mass is 16.1. The maximum atomic E-state index is 12.0. The number of likely N-dealkylation sites (N-methyl/N-ethyl adjacent to an activating group) is 1. The van der Waals surface area contributed by atoms with E-state index >= 15 is 0 Å². The smallest absolute Gasteiger partial charge is 0.274 e. The van der Waals surface area contributed by atoms with Gasteiger partial charge >= 0.3 is 0 Å². The number of aromatic nitrogens is 1. The average Bonchev–Trinajstić information content (AvgIpc) is 3.04. The molecule has 86 valence electrons. The second-order valence-corrected chi connectivity index (χ2v) is 4.97. The number of hydrogen-bond acceptors (Lipinski definition) is 3. The Morgan fingerprint density at radius 2 is 2.19 bits per heavy atom. The molecule has 3 rings (SSSR count). The van der Waals surface area contributed by atoms with Gasteiger partial charge in [0.25, 0.3) is 5.56 Å². The van der Waals surface area contributed by atoms with Gasteiger partial charge < -0.3 is 15.2 Å². The van der Waals surface area contributed by atoms with E-state index in [9.17, 15) is 4.79 Å². The molecule has 2 N–H and O–H groups in total. The Hall–Kier alpha value is -1.29. The minimum absolute atomic E-state index is 0.0193. The summed E-state index contributed by atoms with van der Waals surface area (Å²) in [6.07, 6.45) is 3.23. The molecule has 0 amide bonds. The highest BCUT2D eigenvalue weighted by molar-refractivity contribution is 5.42. The summed E-state index contributed by atoms with van der Waals surface area (Å²) >= 11 is 0. The van der Waals surface area contributed by atoms with Crippen LogP contribution in [-0.4, -0.2) is 23.1 Å². The number of rotatable bonds is 1. The first kappa shape index (κ1) is 9.90. The fraction of sp³-hybridized carbons (Fsp3) is 0.583. The van der Waals surface area contributed by atoms with Crippen molar-refractivity contribution in [2.45, 2.75) is 31.8 Å². The summed E-state index contributed by atoms with van der Waals surface area (Å²) in [5.74, 6) is 0. The topological polar surface area (TPSA) is 51.3 Å². The standard InChI is InChI=1S/C12H17N3O/c1-14-5-4-11-8(7-14)6-10(13)12(16)15(11)9-2-3-9/h6,9H,2-5,7,13H2,1H3. The normalized spacial score (nSPS) is 20.8. The molecule has 0 aromatic carbocycles. The van der Waals surface area contributed by atoms with Crippen molar-refractivity contribution in [3.05, 3.63) is 27.7 Å². The Bertz CT molecular complexity index is 488. The molecule has 1 aromatic rings. The predicted molar refractivity (Wildman–Crippen MR) is 63.4 cm³/mol. The Labute approximate surface area is 94.7 Å². The Morgan fingerprint density at radius 1 is 1.44 bits per heavy atom. The molecule has 4 nitrogen and oxygen atoms in total. The van der Waals surface area contributed by atoms with Crippen LogP contribution in [0, 0.1) is 0 Å². The molecule has 1 saturated carbocycles. The Kier molecular flexibility index (Phi) is 2.07. The molecule has 4 heteroatoms. The fourth-order valence-electron chi connectivity index (χ4n) is 2.55. The zero-order valence-electron chi connectivity index (χ0n) is 9.57. The van der Waals surface area contributed by atoms with Gasteiger partial charge in [0.05, 0.1) is 5.69 Å². The van der Waals surface area contributed by atoms with Crippen LogP contribution in [0.15, 0.2) is 10.9 Å². The molecule has 1 aliphatic heterocycles. The van der Waals surface area contributed by atoms with E-state index in [0.29, 0.717) is 11.7 Å². The van der Waals surface area contributed by atoms with Crippen molar-refractivity contribution in [3.8, 4) is 0 Å². The molecule has 0 saturated heterocycles. The number of nitrogen functional groups attached to an aromatic ring is 1. The van der Waals surface area contributed by atoms with Gasteiger partial charge in [0.2, 0.25) is 0 Å². The van der Waals surface area contributed by atoms with Crippen molar-refractivity contribution in [2.75, 3.05) is 19.3 Å². The van der Waals surface area contributed by atoms with Crippen LogP contribution in [0.5, 0.6) is 0 Å². The molecule has 0 radical (unpaired) electrons. The second-order valence-electron chi connectivity index (χ2n) is 4.97. The van der Waals surface area contributed by atoms with Gasteiger partial charge in [0.15, 0.2) is 0 Å². The molecule has 1 fully saturated rings. The number of nitrogens with two attached hydrogens (primary N) is 1. The maximum Gasteiger partial charge on any atom is 0.274 e. The van der Waals surface area contributed by atoms with E-state index in [1.54, 1.807) is 0 Å². The fourth-order valence-corrected chi connectivity index (χ4v) is 2.55. The number of pyridine rings is 1. The predicted octanol–water partition coefficient (Wildman–Crippen LogP) is 0.753. The molecule has 0 unspecified atom stereocenters. The van der Waals surface area contributed by atoms with Gasteiger partial charge in [-0.2, -0.15) is 0 Å². The lowest BCUT2D eigenvalue weighted by molar-refractivity contribution is 0.304. The summed E-state index contributed by atoms with van der Waals surface area (Å²) < 4.78 is 1.96. The van der Waals surface area contributed by atoms with Gasteiger partial charge in [-0.1, -0.05) is 0 Å². The highest BCUT2D eigenvalue weighted by Crippen LogP contribution is 2.36. The van der Waals surface area contributed by atoms with Crippen molar-refractivity contribution in [1.29, 1.82) is 0 Å². The van der Waals surface area contributed by atoms with Crippen LogP contribution in [-0.2, 0) is 13.0 Å². The number of fused-ring (bicyclic) bond motifs is 1. The third-order valence-electron chi connectivity index (χ3n) is 3.54. The summed E-state index contributed by atoms with van der Waals surface area (Å²) in [4.78, 5) is 14.3. The van der Waals surface area contributed by atoms with Crippen molar-refractivity contribution in [1.82, 2.24) is 9.47 Å². The molecule has 2 aliphatic rings. The molecule has 2 heterocycles. The molecule has 0 bridgehead atoms. The molecule has 16 heavy (non-hydrogen) atoms. The summed E-state index contributed by atoms with van der Waals surface area (Å²) in [5.41, 5.74) is 8.68.